The Bertz CT molecular complexity index is 545. The number of fused-ring (bicyclic) bond motifs is 1. The van der Waals surface area contributed by atoms with E-state index in [9.17, 15) is 0 Å². The highest BCUT2D eigenvalue weighted by atomic mass is 16.5. The van der Waals surface area contributed by atoms with Crippen molar-refractivity contribution in [3.05, 3.63) is 29.8 Å². The third-order valence-electron chi connectivity index (χ3n) is 6.47. The summed E-state index contributed by atoms with van der Waals surface area (Å²) in [5, 5.41) is 0. The zero-order valence-electron chi connectivity index (χ0n) is 15.2. The van der Waals surface area contributed by atoms with E-state index in [0.717, 1.165) is 24.9 Å². The van der Waals surface area contributed by atoms with E-state index in [-0.39, 0.29) is 5.60 Å². The van der Waals surface area contributed by atoms with Crippen LogP contribution >= 0.6 is 0 Å². The van der Waals surface area contributed by atoms with Gasteiger partial charge in [0.25, 0.3) is 0 Å². The minimum absolute atomic E-state index is 0.0235. The molecule has 3 heteroatoms. The van der Waals surface area contributed by atoms with Crippen LogP contribution in [0.25, 0.3) is 0 Å². The first kappa shape index (κ1) is 16.4. The van der Waals surface area contributed by atoms with Crippen molar-refractivity contribution < 1.29 is 4.74 Å². The number of likely N-dealkylation sites (tertiary alicyclic amines) is 1. The van der Waals surface area contributed by atoms with Crippen LogP contribution in [-0.4, -0.2) is 47.6 Å². The molecule has 2 heterocycles. The lowest BCUT2D eigenvalue weighted by Gasteiger charge is -2.44. The summed E-state index contributed by atoms with van der Waals surface area (Å²) in [6.07, 6.45) is 9.31. The fourth-order valence-corrected chi connectivity index (χ4v) is 4.89. The third-order valence-corrected chi connectivity index (χ3v) is 6.47. The summed E-state index contributed by atoms with van der Waals surface area (Å²) in [5.74, 6) is 1.14. The van der Waals surface area contributed by atoms with Gasteiger partial charge in [0.15, 0.2) is 0 Å². The Morgan fingerprint density at radius 1 is 1.08 bits per heavy atom. The van der Waals surface area contributed by atoms with Crippen LogP contribution in [0.4, 0.5) is 0 Å². The van der Waals surface area contributed by atoms with Gasteiger partial charge in [-0.3, -0.25) is 4.90 Å². The Hall–Kier alpha value is -1.06. The molecule has 2 aliphatic heterocycles. The number of rotatable bonds is 2. The van der Waals surface area contributed by atoms with Crippen molar-refractivity contribution in [3.8, 4) is 5.75 Å². The maximum Gasteiger partial charge on any atom is 0.124 e. The van der Waals surface area contributed by atoms with Gasteiger partial charge in [-0.1, -0.05) is 44.4 Å². The molecule has 3 aliphatic rings. The van der Waals surface area contributed by atoms with Crippen LogP contribution in [0.2, 0.25) is 0 Å². The molecule has 1 saturated carbocycles. The summed E-state index contributed by atoms with van der Waals surface area (Å²) in [7, 11) is 0. The molecule has 0 unspecified atom stereocenters. The highest BCUT2D eigenvalue weighted by Crippen LogP contribution is 2.37. The van der Waals surface area contributed by atoms with E-state index in [0.29, 0.717) is 0 Å². The summed E-state index contributed by atoms with van der Waals surface area (Å²) >= 11 is 0. The van der Waals surface area contributed by atoms with Crippen molar-refractivity contribution in [1.82, 2.24) is 9.80 Å². The normalized spacial score (nSPS) is 25.9. The lowest BCUT2D eigenvalue weighted by Crippen LogP contribution is -2.55. The van der Waals surface area contributed by atoms with E-state index in [1.165, 1.54) is 70.1 Å². The van der Waals surface area contributed by atoms with Gasteiger partial charge in [-0.2, -0.15) is 0 Å². The first-order valence-corrected chi connectivity index (χ1v) is 10.0. The van der Waals surface area contributed by atoms with E-state index in [4.69, 9.17) is 4.74 Å². The molecule has 1 aromatic carbocycles. The van der Waals surface area contributed by atoms with Crippen molar-refractivity contribution in [1.29, 1.82) is 0 Å². The molecule has 132 valence electrons. The van der Waals surface area contributed by atoms with E-state index in [1.54, 1.807) is 0 Å². The molecule has 1 spiro atoms. The molecule has 0 bridgehead atoms. The van der Waals surface area contributed by atoms with Crippen molar-refractivity contribution in [2.45, 2.75) is 70.1 Å². The van der Waals surface area contributed by atoms with Gasteiger partial charge in [-0.25, -0.2) is 0 Å². The van der Waals surface area contributed by atoms with Crippen molar-refractivity contribution in [2.24, 2.45) is 0 Å². The summed E-state index contributed by atoms with van der Waals surface area (Å²) < 4.78 is 6.73. The monoisotopic (exact) mass is 328 g/mol. The van der Waals surface area contributed by atoms with Gasteiger partial charge in [0.2, 0.25) is 0 Å². The molecule has 3 nitrogen and oxygen atoms in total. The maximum atomic E-state index is 6.73. The highest BCUT2D eigenvalue weighted by Gasteiger charge is 2.41. The Labute approximate surface area is 147 Å². The minimum atomic E-state index is 0.0235. The molecule has 0 amide bonds. The number of ether oxygens (including phenoxy) is 1. The van der Waals surface area contributed by atoms with Crippen LogP contribution in [0.15, 0.2) is 24.3 Å². The molecule has 24 heavy (non-hydrogen) atoms. The van der Waals surface area contributed by atoms with Crippen LogP contribution in [0.5, 0.6) is 5.75 Å². The number of nitrogens with zero attached hydrogens (tertiary/aromatic N) is 2. The van der Waals surface area contributed by atoms with Crippen LogP contribution in [0.1, 0.15) is 57.4 Å². The standard InChI is InChI=1S/C21H32N2O/c1-2-22-14-12-21(13-15-22)17-23(19-9-4-3-5-10-19)16-18-8-6-7-11-20(18)24-21/h6-8,11,19H,2-5,9-10,12-17H2,1H3. The second-order valence-corrected chi connectivity index (χ2v) is 8.02. The van der Waals surface area contributed by atoms with Gasteiger partial charge < -0.3 is 9.64 Å². The van der Waals surface area contributed by atoms with Gasteiger partial charge in [0.05, 0.1) is 0 Å². The molecule has 1 aliphatic carbocycles. The summed E-state index contributed by atoms with van der Waals surface area (Å²) in [4.78, 5) is 5.34. The predicted molar refractivity (Wildman–Crippen MR) is 98.4 cm³/mol. The molecule has 0 N–H and O–H groups in total. The number of hydrogen-bond donors (Lipinski definition) is 0. The smallest absolute Gasteiger partial charge is 0.124 e. The summed E-state index contributed by atoms with van der Waals surface area (Å²) in [5.41, 5.74) is 1.41. The highest BCUT2D eigenvalue weighted by molar-refractivity contribution is 5.35. The third kappa shape index (κ3) is 3.34. The van der Waals surface area contributed by atoms with Gasteiger partial charge >= 0.3 is 0 Å². The lowest BCUT2D eigenvalue weighted by molar-refractivity contribution is -0.0289. The fourth-order valence-electron chi connectivity index (χ4n) is 4.89. The zero-order valence-corrected chi connectivity index (χ0v) is 15.2. The minimum Gasteiger partial charge on any atom is -0.486 e. The summed E-state index contributed by atoms with van der Waals surface area (Å²) in [6, 6.07) is 9.51. The van der Waals surface area contributed by atoms with Crippen molar-refractivity contribution in [3.63, 3.8) is 0 Å². The van der Waals surface area contributed by atoms with E-state index in [2.05, 4.69) is 41.0 Å². The first-order valence-electron chi connectivity index (χ1n) is 10.0. The Kier molecular flexibility index (Phi) is 4.82. The van der Waals surface area contributed by atoms with E-state index < -0.39 is 0 Å². The lowest BCUT2D eigenvalue weighted by atomic mass is 9.88. The number of benzene rings is 1. The second-order valence-electron chi connectivity index (χ2n) is 8.02. The Morgan fingerprint density at radius 3 is 2.58 bits per heavy atom. The Balaban J connectivity index is 1.60. The largest absolute Gasteiger partial charge is 0.486 e. The van der Waals surface area contributed by atoms with Crippen LogP contribution in [-0.2, 0) is 6.54 Å². The SMILES string of the molecule is CCN1CCC2(CC1)CN(C1CCCCC1)Cc1ccccc1O2. The molecule has 1 saturated heterocycles. The average Bonchev–Trinajstić information content (AvgIpc) is 2.80. The van der Waals surface area contributed by atoms with Crippen LogP contribution < -0.4 is 4.74 Å². The zero-order chi connectivity index (χ0) is 16.4. The van der Waals surface area contributed by atoms with E-state index in [1.807, 2.05) is 0 Å². The van der Waals surface area contributed by atoms with Crippen molar-refractivity contribution in [2.75, 3.05) is 26.2 Å². The number of hydrogen-bond acceptors (Lipinski definition) is 3. The average molecular weight is 328 g/mol. The second kappa shape index (κ2) is 7.05. The topological polar surface area (TPSA) is 15.7 Å². The predicted octanol–water partition coefficient (Wildman–Crippen LogP) is 4.07. The molecule has 2 fully saturated rings. The fraction of sp³-hybridized carbons (Fsp3) is 0.714. The molecule has 0 atom stereocenters. The van der Waals surface area contributed by atoms with Gasteiger partial charge in [-0.05, 0) is 25.5 Å². The summed E-state index contributed by atoms with van der Waals surface area (Å²) in [6.45, 7) is 7.98. The van der Waals surface area contributed by atoms with Gasteiger partial charge in [-0.15, -0.1) is 0 Å². The Morgan fingerprint density at radius 2 is 1.83 bits per heavy atom. The molecule has 4 rings (SSSR count). The maximum absolute atomic E-state index is 6.73. The van der Waals surface area contributed by atoms with Gasteiger partial charge in [0.1, 0.15) is 11.4 Å². The number of piperidine rings is 1. The molecule has 1 aromatic rings. The first-order chi connectivity index (χ1) is 11.8. The molecular weight excluding hydrogens is 296 g/mol. The van der Waals surface area contributed by atoms with E-state index >= 15 is 0 Å². The molecule has 0 radical (unpaired) electrons. The van der Waals surface area contributed by atoms with Crippen LogP contribution in [0.3, 0.4) is 0 Å². The number of para-hydroxylation sites is 1. The van der Waals surface area contributed by atoms with Crippen molar-refractivity contribution >= 4 is 0 Å². The quantitative estimate of drug-likeness (QED) is 0.814. The van der Waals surface area contributed by atoms with Crippen LogP contribution in [0, 0.1) is 0 Å². The van der Waals surface area contributed by atoms with Gasteiger partial charge in [0, 0.05) is 50.6 Å². The molecular formula is C21H32N2O. The molecule has 0 aromatic heterocycles.